The van der Waals surface area contributed by atoms with Crippen LogP contribution < -0.4 is 0 Å². The van der Waals surface area contributed by atoms with E-state index in [1.165, 1.54) is 0 Å². The van der Waals surface area contributed by atoms with Crippen LogP contribution in [0.2, 0.25) is 0 Å². The van der Waals surface area contributed by atoms with Crippen LogP contribution in [0.5, 0.6) is 0 Å². The van der Waals surface area contributed by atoms with Gasteiger partial charge >= 0.3 is 0 Å². The maximum atomic E-state index is 8.98. The van der Waals surface area contributed by atoms with Crippen molar-refractivity contribution in [2.24, 2.45) is 0 Å². The van der Waals surface area contributed by atoms with Gasteiger partial charge in [-0.1, -0.05) is 0 Å². The second-order valence-corrected chi connectivity index (χ2v) is 4.62. The monoisotopic (exact) mass is 235 g/mol. The van der Waals surface area contributed by atoms with Gasteiger partial charge in [0.25, 0.3) is 0 Å². The highest BCUT2D eigenvalue weighted by atomic mass is 16.3. The van der Waals surface area contributed by atoms with Crippen LogP contribution >= 0.6 is 0 Å². The predicted octanol–water partition coefficient (Wildman–Crippen LogP) is -1.27. The fourth-order valence-electron chi connectivity index (χ4n) is 1.82. The zero-order chi connectivity index (χ0) is 12.4. The Kier molecular flexibility index (Phi) is 8.78. The molecule has 0 aromatic heterocycles. The van der Waals surface area contributed by atoms with E-state index < -0.39 is 0 Å². The highest BCUT2D eigenvalue weighted by Gasteiger charge is 2.19. The van der Waals surface area contributed by atoms with Gasteiger partial charge in [-0.15, -0.1) is 0 Å². The Morgan fingerprint density at radius 3 is 1.88 bits per heavy atom. The molecule has 0 spiro atoms. The van der Waals surface area contributed by atoms with Gasteiger partial charge in [-0.2, -0.15) is 0 Å². The number of quaternary nitrogens is 1. The summed E-state index contributed by atoms with van der Waals surface area (Å²) in [4.78, 5) is 2.09. The van der Waals surface area contributed by atoms with Crippen molar-refractivity contribution in [2.45, 2.75) is 6.42 Å². The molecule has 0 aliphatic rings. The maximum absolute atomic E-state index is 8.98. The molecule has 0 fully saturated rings. The molecule has 3 N–H and O–H groups in total. The Labute approximate surface area is 98.5 Å². The molecule has 0 amide bonds. The predicted molar refractivity (Wildman–Crippen MR) is 64.2 cm³/mol. The van der Waals surface area contributed by atoms with Gasteiger partial charge in [0, 0.05) is 19.5 Å². The zero-order valence-corrected chi connectivity index (χ0v) is 10.6. The second-order valence-electron chi connectivity index (χ2n) is 4.62. The maximum Gasteiger partial charge on any atom is 0.102 e. The van der Waals surface area contributed by atoms with Gasteiger partial charge in [0.05, 0.1) is 33.4 Å². The van der Waals surface area contributed by atoms with Gasteiger partial charge in [0.1, 0.15) is 13.1 Å². The summed E-state index contributed by atoms with van der Waals surface area (Å²) < 4.78 is 0.708. The number of hydrogen-bond acceptors (Lipinski definition) is 4. The largest absolute Gasteiger partial charge is 0.395 e. The Balaban J connectivity index is 3.83. The van der Waals surface area contributed by atoms with E-state index in [4.69, 9.17) is 15.3 Å². The summed E-state index contributed by atoms with van der Waals surface area (Å²) in [5.41, 5.74) is 0. The van der Waals surface area contributed by atoms with Gasteiger partial charge in [0.2, 0.25) is 0 Å². The molecule has 5 heteroatoms. The van der Waals surface area contributed by atoms with Crippen LogP contribution in [0, 0.1) is 0 Å². The van der Waals surface area contributed by atoms with E-state index in [2.05, 4.69) is 11.9 Å². The van der Waals surface area contributed by atoms with E-state index in [1.54, 1.807) is 0 Å². The van der Waals surface area contributed by atoms with Crippen molar-refractivity contribution >= 4 is 0 Å². The van der Waals surface area contributed by atoms with E-state index in [0.29, 0.717) is 24.1 Å². The molecule has 0 heterocycles. The molecular formula is C11H27N2O3+. The van der Waals surface area contributed by atoms with Crippen LogP contribution in [-0.4, -0.2) is 91.3 Å². The van der Waals surface area contributed by atoms with Crippen molar-refractivity contribution in [3.05, 3.63) is 0 Å². The van der Waals surface area contributed by atoms with Crippen LogP contribution in [0.15, 0.2) is 0 Å². The van der Waals surface area contributed by atoms with Crippen molar-refractivity contribution in [1.82, 2.24) is 4.90 Å². The second kappa shape index (κ2) is 8.90. The van der Waals surface area contributed by atoms with Crippen LogP contribution in [0.3, 0.4) is 0 Å². The number of rotatable bonds is 10. The molecule has 0 radical (unpaired) electrons. The standard InChI is InChI=1S/C11H27N2O3/c1-12(5-9-14)4-3-6-13(2,7-10-15)8-11-16/h14-16H,3-11H2,1-2H3/q+1. The Morgan fingerprint density at radius 1 is 0.875 bits per heavy atom. The van der Waals surface area contributed by atoms with Crippen molar-refractivity contribution in [3.8, 4) is 0 Å². The fourth-order valence-corrected chi connectivity index (χ4v) is 1.82. The lowest BCUT2D eigenvalue weighted by molar-refractivity contribution is -0.910. The normalized spacial score (nSPS) is 12.4. The average molecular weight is 235 g/mol. The molecule has 0 saturated heterocycles. The highest BCUT2D eigenvalue weighted by molar-refractivity contribution is 4.51. The summed E-state index contributed by atoms with van der Waals surface area (Å²) in [6, 6.07) is 0. The first-order chi connectivity index (χ1) is 7.58. The topological polar surface area (TPSA) is 63.9 Å². The number of aliphatic hydroxyl groups excluding tert-OH is 3. The van der Waals surface area contributed by atoms with Crippen molar-refractivity contribution in [1.29, 1.82) is 0 Å². The number of nitrogens with zero attached hydrogens (tertiary/aromatic N) is 2. The Bertz CT molecular complexity index is 161. The smallest absolute Gasteiger partial charge is 0.102 e. The SMILES string of the molecule is CN(CCO)CCC[N+](C)(CCO)CCO. The first kappa shape index (κ1) is 15.8. The molecule has 0 unspecified atom stereocenters. The van der Waals surface area contributed by atoms with Crippen LogP contribution in [0.25, 0.3) is 0 Å². The average Bonchev–Trinajstić information content (AvgIpc) is 2.18. The number of aliphatic hydroxyl groups is 3. The molecule has 0 aromatic carbocycles. The lowest BCUT2D eigenvalue weighted by Gasteiger charge is -2.34. The molecular weight excluding hydrogens is 208 g/mol. The number of hydrogen-bond donors (Lipinski definition) is 3. The van der Waals surface area contributed by atoms with Crippen LogP contribution in [0.1, 0.15) is 6.42 Å². The molecule has 16 heavy (non-hydrogen) atoms. The molecule has 0 aliphatic heterocycles. The Morgan fingerprint density at radius 2 is 1.44 bits per heavy atom. The van der Waals surface area contributed by atoms with Crippen LogP contribution in [-0.2, 0) is 0 Å². The fraction of sp³-hybridized carbons (Fsp3) is 1.00. The lowest BCUT2D eigenvalue weighted by Crippen LogP contribution is -2.49. The van der Waals surface area contributed by atoms with Crippen molar-refractivity contribution in [2.75, 3.05) is 66.6 Å². The quantitative estimate of drug-likeness (QED) is 0.413. The molecule has 0 bridgehead atoms. The van der Waals surface area contributed by atoms with Gasteiger partial charge in [-0.05, 0) is 7.05 Å². The molecule has 0 rings (SSSR count). The van der Waals surface area contributed by atoms with Gasteiger partial charge in [-0.25, -0.2) is 0 Å². The minimum absolute atomic E-state index is 0.156. The van der Waals surface area contributed by atoms with Gasteiger partial charge in [0.15, 0.2) is 0 Å². The zero-order valence-electron chi connectivity index (χ0n) is 10.6. The first-order valence-electron chi connectivity index (χ1n) is 5.92. The van der Waals surface area contributed by atoms with Gasteiger partial charge in [-0.3, -0.25) is 0 Å². The van der Waals surface area contributed by atoms with E-state index in [9.17, 15) is 0 Å². The third kappa shape index (κ3) is 7.14. The summed E-state index contributed by atoms with van der Waals surface area (Å²) in [7, 11) is 4.04. The lowest BCUT2D eigenvalue weighted by atomic mass is 10.3. The molecule has 98 valence electrons. The van der Waals surface area contributed by atoms with Gasteiger partial charge < -0.3 is 24.7 Å². The number of likely N-dealkylation sites (N-methyl/N-ethyl adjacent to an activating group) is 2. The highest BCUT2D eigenvalue weighted by Crippen LogP contribution is 2.03. The molecule has 0 aliphatic carbocycles. The van der Waals surface area contributed by atoms with Crippen molar-refractivity contribution < 1.29 is 19.8 Å². The van der Waals surface area contributed by atoms with E-state index >= 15 is 0 Å². The summed E-state index contributed by atoms with van der Waals surface area (Å²) in [5, 5.41) is 26.7. The minimum atomic E-state index is 0.156. The third-order valence-electron chi connectivity index (χ3n) is 3.00. The molecule has 0 aromatic rings. The Hall–Kier alpha value is -0.200. The molecule has 0 atom stereocenters. The third-order valence-corrected chi connectivity index (χ3v) is 3.00. The molecule has 5 nitrogen and oxygen atoms in total. The summed E-state index contributed by atoms with van der Waals surface area (Å²) in [6.45, 7) is 4.45. The summed E-state index contributed by atoms with van der Waals surface area (Å²) in [6.07, 6.45) is 1.01. The van der Waals surface area contributed by atoms with Crippen molar-refractivity contribution in [3.63, 3.8) is 0 Å². The summed E-state index contributed by atoms with van der Waals surface area (Å²) >= 11 is 0. The van der Waals surface area contributed by atoms with E-state index in [1.807, 2.05) is 7.05 Å². The van der Waals surface area contributed by atoms with E-state index in [-0.39, 0.29) is 19.8 Å². The first-order valence-corrected chi connectivity index (χ1v) is 5.92. The molecule has 0 saturated carbocycles. The van der Waals surface area contributed by atoms with E-state index in [0.717, 1.165) is 19.5 Å². The summed E-state index contributed by atoms with van der Waals surface area (Å²) in [5.74, 6) is 0. The van der Waals surface area contributed by atoms with Crippen LogP contribution in [0.4, 0.5) is 0 Å². The minimum Gasteiger partial charge on any atom is -0.395 e.